The number of piperidine rings is 1. The van der Waals surface area contributed by atoms with Gasteiger partial charge in [-0.05, 0) is 61.4 Å². The summed E-state index contributed by atoms with van der Waals surface area (Å²) in [7, 11) is -3.62. The minimum absolute atomic E-state index is 0.0973. The van der Waals surface area contributed by atoms with E-state index in [4.69, 9.17) is 0 Å². The number of aromatic nitrogens is 1. The molecular formula is C22H20F3N3O3S. The first-order chi connectivity index (χ1) is 15.2. The molecule has 1 amide bonds. The lowest BCUT2D eigenvalue weighted by molar-refractivity contribution is -0.137. The van der Waals surface area contributed by atoms with Gasteiger partial charge in [-0.25, -0.2) is 8.42 Å². The van der Waals surface area contributed by atoms with Crippen LogP contribution in [0, 0.1) is 0 Å². The molecule has 0 bridgehead atoms. The minimum atomic E-state index is -4.53. The smallest absolute Gasteiger partial charge is 0.321 e. The number of carbonyl (C=O) groups is 1. The van der Waals surface area contributed by atoms with Gasteiger partial charge in [-0.3, -0.25) is 9.78 Å². The Morgan fingerprint density at radius 3 is 2.31 bits per heavy atom. The Kier molecular flexibility index (Phi) is 5.91. The maximum atomic E-state index is 13.1. The lowest BCUT2D eigenvalue weighted by atomic mass is 10.1. The topological polar surface area (TPSA) is 79.4 Å². The molecule has 1 aromatic heterocycles. The van der Waals surface area contributed by atoms with Gasteiger partial charge in [-0.1, -0.05) is 6.42 Å². The van der Waals surface area contributed by atoms with Gasteiger partial charge in [0.1, 0.15) is 0 Å². The minimum Gasteiger partial charge on any atom is -0.321 e. The Balaban J connectivity index is 1.57. The number of nitrogens with zero attached hydrogens (tertiary/aromatic N) is 2. The summed E-state index contributed by atoms with van der Waals surface area (Å²) < 4.78 is 66.2. The molecule has 3 aromatic rings. The summed E-state index contributed by atoms with van der Waals surface area (Å²) in [5.41, 5.74) is -0.185. The maximum Gasteiger partial charge on any atom is 0.416 e. The predicted molar refractivity (Wildman–Crippen MR) is 114 cm³/mol. The molecule has 1 aliphatic rings. The molecule has 168 valence electrons. The second-order valence-electron chi connectivity index (χ2n) is 7.53. The fourth-order valence-electron chi connectivity index (χ4n) is 3.66. The SMILES string of the molecule is O=C(Nc1ccnc2ccc(C(F)(F)F)cc12)c1ccc(S(=O)(=O)N2CCCCC2)cc1. The second kappa shape index (κ2) is 8.51. The van der Waals surface area contributed by atoms with Crippen LogP contribution >= 0.6 is 0 Å². The number of halogens is 3. The highest BCUT2D eigenvalue weighted by Crippen LogP contribution is 2.33. The van der Waals surface area contributed by atoms with Crippen molar-refractivity contribution in [3.8, 4) is 0 Å². The van der Waals surface area contributed by atoms with Crippen molar-refractivity contribution in [2.45, 2.75) is 30.3 Å². The molecule has 0 spiro atoms. The molecule has 0 aliphatic carbocycles. The Labute approximate surface area is 183 Å². The number of sulfonamides is 1. The molecule has 1 saturated heterocycles. The van der Waals surface area contributed by atoms with E-state index in [2.05, 4.69) is 10.3 Å². The van der Waals surface area contributed by atoms with Crippen molar-refractivity contribution in [1.82, 2.24) is 9.29 Å². The van der Waals surface area contributed by atoms with E-state index < -0.39 is 27.7 Å². The number of benzene rings is 2. The Bertz CT molecular complexity index is 1250. The lowest BCUT2D eigenvalue weighted by Crippen LogP contribution is -2.35. The zero-order valence-corrected chi connectivity index (χ0v) is 17.7. The van der Waals surface area contributed by atoms with Gasteiger partial charge in [0.2, 0.25) is 10.0 Å². The molecule has 0 atom stereocenters. The van der Waals surface area contributed by atoms with E-state index >= 15 is 0 Å². The van der Waals surface area contributed by atoms with Crippen LogP contribution < -0.4 is 5.32 Å². The van der Waals surface area contributed by atoms with E-state index in [0.29, 0.717) is 18.6 Å². The monoisotopic (exact) mass is 463 g/mol. The third-order valence-corrected chi connectivity index (χ3v) is 7.30. The number of pyridine rings is 1. The van der Waals surface area contributed by atoms with Crippen molar-refractivity contribution < 1.29 is 26.4 Å². The molecule has 0 unspecified atom stereocenters. The predicted octanol–water partition coefficient (Wildman–Crippen LogP) is 4.68. The van der Waals surface area contributed by atoms with Crippen LogP contribution in [0.3, 0.4) is 0 Å². The summed E-state index contributed by atoms with van der Waals surface area (Å²) in [6, 6.07) is 10.0. The van der Waals surface area contributed by atoms with Crippen LogP contribution in [-0.2, 0) is 16.2 Å². The number of hydrogen-bond acceptors (Lipinski definition) is 4. The van der Waals surface area contributed by atoms with Crippen LogP contribution in [0.1, 0.15) is 35.2 Å². The molecule has 1 fully saturated rings. The first kappa shape index (κ1) is 22.2. The lowest BCUT2D eigenvalue weighted by Gasteiger charge is -2.25. The van der Waals surface area contributed by atoms with Crippen LogP contribution in [0.15, 0.2) is 59.6 Å². The molecule has 2 heterocycles. The van der Waals surface area contributed by atoms with Gasteiger partial charge in [0.15, 0.2) is 0 Å². The van der Waals surface area contributed by atoms with Gasteiger partial charge in [0.05, 0.1) is 21.7 Å². The van der Waals surface area contributed by atoms with E-state index in [1.54, 1.807) is 0 Å². The maximum absolute atomic E-state index is 13.1. The Morgan fingerprint density at radius 1 is 0.969 bits per heavy atom. The number of anilines is 1. The van der Waals surface area contributed by atoms with Crippen LogP contribution in [0.5, 0.6) is 0 Å². The highest BCUT2D eigenvalue weighted by molar-refractivity contribution is 7.89. The third-order valence-electron chi connectivity index (χ3n) is 5.39. The first-order valence-corrected chi connectivity index (χ1v) is 11.5. The van der Waals surface area contributed by atoms with Gasteiger partial charge >= 0.3 is 6.18 Å². The molecule has 2 aromatic carbocycles. The number of amides is 1. The molecule has 32 heavy (non-hydrogen) atoms. The number of nitrogens with one attached hydrogen (secondary N) is 1. The highest BCUT2D eigenvalue weighted by Gasteiger charge is 2.31. The number of carbonyl (C=O) groups excluding carboxylic acids is 1. The van der Waals surface area contributed by atoms with Crippen LogP contribution in [0.2, 0.25) is 0 Å². The Hall–Kier alpha value is -2.98. The summed E-state index contributed by atoms with van der Waals surface area (Å²) in [6.07, 6.45) is -0.509. The first-order valence-electron chi connectivity index (χ1n) is 10.0. The molecule has 0 radical (unpaired) electrons. The molecule has 0 saturated carbocycles. The largest absolute Gasteiger partial charge is 0.416 e. The number of rotatable bonds is 4. The normalized spacial score (nSPS) is 15.6. The molecule has 6 nitrogen and oxygen atoms in total. The average molecular weight is 463 g/mol. The van der Waals surface area contributed by atoms with Gasteiger partial charge < -0.3 is 5.32 Å². The van der Waals surface area contributed by atoms with E-state index in [9.17, 15) is 26.4 Å². The fourth-order valence-corrected chi connectivity index (χ4v) is 5.18. The van der Waals surface area contributed by atoms with Gasteiger partial charge in [0.25, 0.3) is 5.91 Å². The summed E-state index contributed by atoms with van der Waals surface area (Å²) >= 11 is 0. The van der Waals surface area contributed by atoms with Gasteiger partial charge in [-0.2, -0.15) is 17.5 Å². The summed E-state index contributed by atoms with van der Waals surface area (Å²) in [5.74, 6) is -0.572. The van der Waals surface area contributed by atoms with Crippen LogP contribution in [0.25, 0.3) is 10.9 Å². The van der Waals surface area contributed by atoms with Crippen molar-refractivity contribution in [3.63, 3.8) is 0 Å². The third kappa shape index (κ3) is 4.46. The molecule has 1 aliphatic heterocycles. The zero-order valence-electron chi connectivity index (χ0n) is 16.9. The molecule has 4 rings (SSSR count). The van der Waals surface area contributed by atoms with Crippen molar-refractivity contribution >= 4 is 32.5 Å². The molecular weight excluding hydrogens is 443 g/mol. The second-order valence-corrected chi connectivity index (χ2v) is 9.47. The van der Waals surface area contributed by atoms with Crippen molar-refractivity contribution in [2.24, 2.45) is 0 Å². The quantitative estimate of drug-likeness (QED) is 0.609. The van der Waals surface area contributed by atoms with Gasteiger partial charge in [0, 0.05) is 30.2 Å². The fraction of sp³-hybridized carbons (Fsp3) is 0.273. The number of hydrogen-bond donors (Lipinski definition) is 1. The zero-order chi connectivity index (χ0) is 22.9. The molecule has 1 N–H and O–H groups in total. The number of alkyl halides is 3. The van der Waals surface area contributed by atoms with Crippen molar-refractivity contribution in [3.05, 3.63) is 65.9 Å². The van der Waals surface area contributed by atoms with E-state index in [-0.39, 0.29) is 21.5 Å². The number of fused-ring (bicyclic) bond motifs is 1. The van der Waals surface area contributed by atoms with Crippen LogP contribution in [-0.4, -0.2) is 36.7 Å². The van der Waals surface area contributed by atoms with E-state index in [1.165, 1.54) is 46.9 Å². The van der Waals surface area contributed by atoms with E-state index in [1.807, 2.05) is 0 Å². The van der Waals surface area contributed by atoms with Gasteiger partial charge in [-0.15, -0.1) is 0 Å². The summed E-state index contributed by atoms with van der Waals surface area (Å²) in [5, 5.41) is 2.75. The standard InChI is InChI=1S/C22H20F3N3O3S/c23-22(24,25)16-6-9-19-18(14-16)20(10-11-26-19)27-21(29)15-4-7-17(8-5-15)32(30,31)28-12-2-1-3-13-28/h4-11,14H,1-3,12-13H2,(H,26,27,29). The summed E-state index contributed by atoms with van der Waals surface area (Å²) in [6.45, 7) is 0.944. The van der Waals surface area contributed by atoms with Crippen molar-refractivity contribution in [2.75, 3.05) is 18.4 Å². The van der Waals surface area contributed by atoms with E-state index in [0.717, 1.165) is 31.4 Å². The highest BCUT2D eigenvalue weighted by atomic mass is 32.2. The van der Waals surface area contributed by atoms with Crippen molar-refractivity contribution in [1.29, 1.82) is 0 Å². The Morgan fingerprint density at radius 2 is 1.66 bits per heavy atom. The van der Waals surface area contributed by atoms with Crippen LogP contribution in [0.4, 0.5) is 18.9 Å². The summed E-state index contributed by atoms with van der Waals surface area (Å²) in [4.78, 5) is 16.8. The average Bonchev–Trinajstić information content (AvgIpc) is 2.79. The molecule has 10 heteroatoms.